The summed E-state index contributed by atoms with van der Waals surface area (Å²) in [6.45, 7) is 0.879. The summed E-state index contributed by atoms with van der Waals surface area (Å²) in [5.74, 6) is 1.61. The van der Waals surface area contributed by atoms with E-state index in [1.165, 1.54) is 0 Å². The van der Waals surface area contributed by atoms with Crippen molar-refractivity contribution in [2.75, 3.05) is 38.9 Å². The number of methoxy groups -OCH3 is 2. The molecule has 0 heterocycles. The summed E-state index contributed by atoms with van der Waals surface area (Å²) in [5.41, 5.74) is 0.885. The fourth-order valence-corrected chi connectivity index (χ4v) is 2.04. The third-order valence-corrected chi connectivity index (χ3v) is 3.11. The molecular formula is C12H19NO3S. The van der Waals surface area contributed by atoms with Crippen molar-refractivity contribution in [2.45, 2.75) is 11.3 Å². The lowest BCUT2D eigenvalue weighted by atomic mass is 10.2. The van der Waals surface area contributed by atoms with Crippen molar-refractivity contribution in [1.82, 2.24) is 0 Å². The number of thioether (sulfide) groups is 1. The molecule has 2 N–H and O–H groups in total. The topological polar surface area (TPSA) is 50.7 Å². The monoisotopic (exact) mass is 257 g/mol. The molecule has 5 heteroatoms. The van der Waals surface area contributed by atoms with E-state index in [1.54, 1.807) is 26.0 Å². The Bertz CT molecular complexity index is 358. The Hall–Kier alpha value is -1.07. The molecule has 0 saturated heterocycles. The Balaban J connectivity index is 2.93. The number of aliphatic hydroxyl groups is 1. The van der Waals surface area contributed by atoms with E-state index in [0.717, 1.165) is 22.1 Å². The minimum absolute atomic E-state index is 0.176. The first-order valence-corrected chi connectivity index (χ1v) is 6.64. The molecule has 0 aromatic heterocycles. The van der Waals surface area contributed by atoms with Crippen LogP contribution < -0.4 is 14.8 Å². The summed E-state index contributed by atoms with van der Waals surface area (Å²) >= 11 is 1.61. The minimum Gasteiger partial charge on any atom is -0.496 e. The second-order valence-corrected chi connectivity index (χ2v) is 4.26. The first kappa shape index (κ1) is 14.0. The highest BCUT2D eigenvalue weighted by Gasteiger charge is 2.10. The van der Waals surface area contributed by atoms with E-state index in [9.17, 15) is 0 Å². The molecule has 0 saturated carbocycles. The third-order valence-electron chi connectivity index (χ3n) is 2.36. The summed E-state index contributed by atoms with van der Waals surface area (Å²) in [4.78, 5) is 1.04. The van der Waals surface area contributed by atoms with E-state index in [2.05, 4.69) is 5.32 Å². The van der Waals surface area contributed by atoms with E-state index in [4.69, 9.17) is 14.6 Å². The molecule has 0 amide bonds. The van der Waals surface area contributed by atoms with Crippen molar-refractivity contribution < 1.29 is 14.6 Å². The summed E-state index contributed by atoms with van der Waals surface area (Å²) in [7, 11) is 3.29. The lowest BCUT2D eigenvalue weighted by Crippen LogP contribution is -2.05. The van der Waals surface area contributed by atoms with Crippen molar-refractivity contribution in [2.24, 2.45) is 0 Å². The Labute approximate surface area is 106 Å². The molecule has 0 bridgehead atoms. The number of rotatable bonds is 7. The fourth-order valence-electron chi connectivity index (χ4n) is 1.47. The average Bonchev–Trinajstić information content (AvgIpc) is 2.38. The van der Waals surface area contributed by atoms with Crippen LogP contribution in [0.2, 0.25) is 0 Å². The molecule has 0 atom stereocenters. The van der Waals surface area contributed by atoms with Gasteiger partial charge < -0.3 is 19.9 Å². The molecular weight excluding hydrogens is 238 g/mol. The zero-order valence-electron chi connectivity index (χ0n) is 10.4. The smallest absolute Gasteiger partial charge is 0.143 e. The maximum absolute atomic E-state index is 8.75. The molecule has 17 heavy (non-hydrogen) atoms. The van der Waals surface area contributed by atoms with Gasteiger partial charge in [-0.25, -0.2) is 0 Å². The predicted octanol–water partition coefficient (Wildman–Crippen LogP) is 2.22. The maximum atomic E-state index is 8.75. The second-order valence-electron chi connectivity index (χ2n) is 3.41. The van der Waals surface area contributed by atoms with Crippen LogP contribution in [0, 0.1) is 0 Å². The van der Waals surface area contributed by atoms with Gasteiger partial charge in [-0.1, -0.05) is 0 Å². The largest absolute Gasteiger partial charge is 0.496 e. The van der Waals surface area contributed by atoms with E-state index >= 15 is 0 Å². The van der Waals surface area contributed by atoms with Gasteiger partial charge in [-0.05, 0) is 18.7 Å². The van der Waals surface area contributed by atoms with Gasteiger partial charge in [0.25, 0.3) is 0 Å². The highest BCUT2D eigenvalue weighted by Crippen LogP contribution is 2.37. The number of ether oxygens (including phenoxy) is 2. The van der Waals surface area contributed by atoms with Crippen LogP contribution in [0.15, 0.2) is 17.0 Å². The summed E-state index contributed by atoms with van der Waals surface area (Å²) in [6, 6.07) is 3.87. The average molecular weight is 257 g/mol. The highest BCUT2D eigenvalue weighted by molar-refractivity contribution is 7.98. The molecule has 0 aliphatic rings. The third kappa shape index (κ3) is 3.71. The zero-order valence-corrected chi connectivity index (χ0v) is 11.3. The number of hydrogen-bond acceptors (Lipinski definition) is 5. The molecule has 0 spiro atoms. The van der Waals surface area contributed by atoms with E-state index < -0.39 is 0 Å². The van der Waals surface area contributed by atoms with Gasteiger partial charge in [0.2, 0.25) is 0 Å². The number of benzene rings is 1. The van der Waals surface area contributed by atoms with E-state index in [0.29, 0.717) is 13.0 Å². The predicted molar refractivity (Wildman–Crippen MR) is 71.5 cm³/mol. The van der Waals surface area contributed by atoms with Gasteiger partial charge in [0, 0.05) is 19.2 Å². The SMILES string of the molecule is COc1cc(SC)c(OC)cc1NCCCO. The Morgan fingerprint density at radius 1 is 1.24 bits per heavy atom. The number of anilines is 1. The summed E-state index contributed by atoms with van der Waals surface area (Å²) in [5, 5.41) is 12.0. The van der Waals surface area contributed by atoms with Crippen molar-refractivity contribution in [3.05, 3.63) is 12.1 Å². The van der Waals surface area contributed by atoms with Crippen LogP contribution >= 0.6 is 11.8 Å². The van der Waals surface area contributed by atoms with Gasteiger partial charge in [-0.3, -0.25) is 0 Å². The first-order chi connectivity index (χ1) is 8.26. The molecule has 0 aliphatic heterocycles. The van der Waals surface area contributed by atoms with Gasteiger partial charge in [-0.2, -0.15) is 0 Å². The molecule has 0 fully saturated rings. The number of aliphatic hydroxyl groups excluding tert-OH is 1. The zero-order chi connectivity index (χ0) is 12.7. The fraction of sp³-hybridized carbons (Fsp3) is 0.500. The van der Waals surface area contributed by atoms with Crippen molar-refractivity contribution in [3.8, 4) is 11.5 Å². The number of hydrogen-bond donors (Lipinski definition) is 2. The molecule has 1 aromatic carbocycles. The minimum atomic E-state index is 0.176. The van der Waals surface area contributed by atoms with Gasteiger partial charge in [-0.15, -0.1) is 11.8 Å². The van der Waals surface area contributed by atoms with Crippen LogP contribution in [0.3, 0.4) is 0 Å². The highest BCUT2D eigenvalue weighted by atomic mass is 32.2. The van der Waals surface area contributed by atoms with Crippen molar-refractivity contribution in [1.29, 1.82) is 0 Å². The molecule has 1 rings (SSSR count). The summed E-state index contributed by atoms with van der Waals surface area (Å²) < 4.78 is 10.6. The van der Waals surface area contributed by atoms with Crippen LogP contribution in [0.1, 0.15) is 6.42 Å². The molecule has 0 radical (unpaired) electrons. The van der Waals surface area contributed by atoms with Crippen LogP contribution in [-0.4, -0.2) is 38.7 Å². The van der Waals surface area contributed by atoms with Crippen molar-refractivity contribution >= 4 is 17.4 Å². The molecule has 0 aliphatic carbocycles. The summed E-state index contributed by atoms with van der Waals surface area (Å²) in [6.07, 6.45) is 2.70. The second kappa shape index (κ2) is 7.29. The van der Waals surface area contributed by atoms with Crippen LogP contribution in [0.4, 0.5) is 5.69 Å². The lowest BCUT2D eigenvalue weighted by Gasteiger charge is -2.14. The van der Waals surface area contributed by atoms with Gasteiger partial charge in [0.05, 0.1) is 24.8 Å². The Morgan fingerprint density at radius 3 is 2.47 bits per heavy atom. The molecule has 96 valence electrons. The first-order valence-electron chi connectivity index (χ1n) is 5.41. The van der Waals surface area contributed by atoms with Crippen LogP contribution in [-0.2, 0) is 0 Å². The normalized spacial score (nSPS) is 10.1. The van der Waals surface area contributed by atoms with E-state index in [-0.39, 0.29) is 6.61 Å². The molecule has 1 aromatic rings. The Kier molecular flexibility index (Phi) is 6.00. The Morgan fingerprint density at radius 2 is 1.94 bits per heavy atom. The van der Waals surface area contributed by atoms with Crippen LogP contribution in [0.5, 0.6) is 11.5 Å². The van der Waals surface area contributed by atoms with Gasteiger partial charge >= 0.3 is 0 Å². The molecule has 0 unspecified atom stereocenters. The number of nitrogens with one attached hydrogen (secondary N) is 1. The lowest BCUT2D eigenvalue weighted by molar-refractivity contribution is 0.292. The standard InChI is InChI=1S/C12H19NO3S/c1-15-10-8-12(17-3)11(16-2)7-9(10)13-5-4-6-14/h7-8,13-14H,4-6H2,1-3H3. The van der Waals surface area contributed by atoms with Gasteiger partial charge in [0.15, 0.2) is 0 Å². The maximum Gasteiger partial charge on any atom is 0.143 e. The van der Waals surface area contributed by atoms with Crippen LogP contribution in [0.25, 0.3) is 0 Å². The van der Waals surface area contributed by atoms with Crippen molar-refractivity contribution in [3.63, 3.8) is 0 Å². The quantitative estimate of drug-likeness (QED) is 0.579. The molecule has 4 nitrogen and oxygen atoms in total. The van der Waals surface area contributed by atoms with Gasteiger partial charge in [0.1, 0.15) is 11.5 Å². The van der Waals surface area contributed by atoms with E-state index in [1.807, 2.05) is 18.4 Å².